The molecule has 0 aliphatic heterocycles. The van der Waals surface area contributed by atoms with E-state index in [-0.39, 0.29) is 5.41 Å². The van der Waals surface area contributed by atoms with Crippen molar-refractivity contribution in [1.82, 2.24) is 15.0 Å². The van der Waals surface area contributed by atoms with Crippen LogP contribution >= 0.6 is 27.3 Å². The van der Waals surface area contributed by atoms with E-state index < -0.39 is 0 Å². The summed E-state index contributed by atoms with van der Waals surface area (Å²) in [7, 11) is 0. The second-order valence-electron chi connectivity index (χ2n) is 15.3. The molecule has 10 aromatic rings. The SMILES string of the molecule is CC1(C)c2ccccc2-c2ccc(-c3cc(-c4ccc(Br)cc4)c4sc5c(N(c6ccccc6)c6ccc(-n7nc8ccccc8n7)cc6)cccc5c4c3)cc21. The predicted octanol–water partition coefficient (Wildman–Crippen LogP) is 14.7. The van der Waals surface area contributed by atoms with Crippen LogP contribution in [0.5, 0.6) is 0 Å². The maximum atomic E-state index is 4.73. The number of rotatable bonds is 6. The first-order valence-electron chi connectivity index (χ1n) is 19.2. The summed E-state index contributed by atoms with van der Waals surface area (Å²) in [5, 5.41) is 12.0. The molecule has 2 heterocycles. The molecule has 0 fully saturated rings. The van der Waals surface area contributed by atoms with Crippen molar-refractivity contribution in [2.75, 3.05) is 4.90 Å². The summed E-state index contributed by atoms with van der Waals surface area (Å²) in [5.74, 6) is 0. The summed E-state index contributed by atoms with van der Waals surface area (Å²) in [4.78, 5) is 4.09. The van der Waals surface area contributed by atoms with E-state index in [1.807, 2.05) is 35.6 Å². The summed E-state index contributed by atoms with van der Waals surface area (Å²) in [6, 6.07) is 63.4. The Morgan fingerprint density at radius 1 is 0.509 bits per heavy atom. The number of hydrogen-bond donors (Lipinski definition) is 0. The molecule has 6 heteroatoms. The maximum Gasteiger partial charge on any atom is 0.113 e. The highest BCUT2D eigenvalue weighted by Gasteiger charge is 2.35. The van der Waals surface area contributed by atoms with Crippen LogP contribution in [0.15, 0.2) is 180 Å². The quantitative estimate of drug-likeness (QED) is 0.168. The molecule has 57 heavy (non-hydrogen) atoms. The molecule has 0 saturated carbocycles. The van der Waals surface area contributed by atoms with Crippen LogP contribution in [0.3, 0.4) is 0 Å². The number of hydrogen-bond acceptors (Lipinski definition) is 4. The monoisotopic (exact) mass is 814 g/mol. The Kier molecular flexibility index (Phi) is 7.82. The largest absolute Gasteiger partial charge is 0.309 e. The zero-order chi connectivity index (χ0) is 38.3. The van der Waals surface area contributed by atoms with Crippen LogP contribution in [0.4, 0.5) is 17.1 Å². The Balaban J connectivity index is 1.09. The topological polar surface area (TPSA) is 34.0 Å². The molecule has 0 N–H and O–H groups in total. The average molecular weight is 816 g/mol. The van der Waals surface area contributed by atoms with E-state index in [0.717, 1.165) is 38.3 Å². The van der Waals surface area contributed by atoms with Gasteiger partial charge in [0.2, 0.25) is 0 Å². The second-order valence-corrected chi connectivity index (χ2v) is 17.2. The number of thiophene rings is 1. The molecule has 11 rings (SSSR count). The van der Waals surface area contributed by atoms with E-state index in [2.05, 4.69) is 186 Å². The Morgan fingerprint density at radius 2 is 1.18 bits per heavy atom. The highest BCUT2D eigenvalue weighted by atomic mass is 79.9. The van der Waals surface area contributed by atoms with Crippen LogP contribution in [0.2, 0.25) is 0 Å². The van der Waals surface area contributed by atoms with Crippen LogP contribution in [0.25, 0.3) is 70.3 Å². The Labute approximate surface area is 343 Å². The fourth-order valence-corrected chi connectivity index (χ4v) is 10.3. The van der Waals surface area contributed by atoms with Crippen LogP contribution in [0, 0.1) is 0 Å². The highest BCUT2D eigenvalue weighted by molar-refractivity contribution is 9.10. The van der Waals surface area contributed by atoms with E-state index in [4.69, 9.17) is 10.2 Å². The molecule has 0 saturated heterocycles. The van der Waals surface area contributed by atoms with Gasteiger partial charge < -0.3 is 4.90 Å². The fraction of sp³-hybridized carbons (Fsp3) is 0.0588. The van der Waals surface area contributed by atoms with Crippen LogP contribution in [0.1, 0.15) is 25.0 Å². The van der Waals surface area contributed by atoms with Gasteiger partial charge in [-0.3, -0.25) is 0 Å². The van der Waals surface area contributed by atoms with E-state index in [1.54, 1.807) is 4.80 Å². The average Bonchev–Trinajstić information content (AvgIpc) is 3.93. The van der Waals surface area contributed by atoms with Gasteiger partial charge in [0.05, 0.1) is 16.1 Å². The summed E-state index contributed by atoms with van der Waals surface area (Å²) < 4.78 is 3.58. The molecule has 4 nitrogen and oxygen atoms in total. The first-order valence-corrected chi connectivity index (χ1v) is 20.8. The minimum absolute atomic E-state index is 0.0767. The van der Waals surface area contributed by atoms with Crippen LogP contribution in [-0.2, 0) is 5.41 Å². The molecule has 2 aromatic heterocycles. The molecular formula is C51H35BrN4S. The third-order valence-corrected chi connectivity index (χ3v) is 13.3. The summed E-state index contributed by atoms with van der Waals surface area (Å²) >= 11 is 5.55. The molecule has 0 amide bonds. The molecule has 0 bridgehead atoms. The van der Waals surface area contributed by atoms with Crippen molar-refractivity contribution >= 4 is 75.5 Å². The van der Waals surface area contributed by atoms with Gasteiger partial charge in [-0.15, -0.1) is 21.5 Å². The number of aromatic nitrogens is 3. The number of halogens is 1. The third kappa shape index (κ3) is 5.54. The first kappa shape index (κ1) is 34.0. The summed E-state index contributed by atoms with van der Waals surface area (Å²) in [6.07, 6.45) is 0. The van der Waals surface area contributed by atoms with E-state index >= 15 is 0 Å². The predicted molar refractivity (Wildman–Crippen MR) is 243 cm³/mol. The minimum atomic E-state index is -0.0767. The number of benzene rings is 8. The standard InChI is InChI=1S/C51H35BrN4S/c1-51(2)44-15-7-6-13-39(44)40-28-21-33(31-45(40)51)34-29-42(32-19-22-35(52)23-20-32)49-43(30-34)41-14-10-18-48(50(41)57-49)55(36-11-4-3-5-12-36)37-24-26-38(27-25-37)56-53-46-16-8-9-17-47(46)54-56/h3-31H,1-2H3. The van der Waals surface area contributed by atoms with Gasteiger partial charge in [-0.1, -0.05) is 121 Å². The molecule has 1 aliphatic carbocycles. The second kappa shape index (κ2) is 13.1. The lowest BCUT2D eigenvalue weighted by atomic mass is 9.81. The van der Waals surface area contributed by atoms with Crippen molar-refractivity contribution in [3.63, 3.8) is 0 Å². The van der Waals surface area contributed by atoms with Gasteiger partial charge in [0, 0.05) is 42.3 Å². The van der Waals surface area contributed by atoms with Gasteiger partial charge in [-0.25, -0.2) is 0 Å². The molecule has 0 unspecified atom stereocenters. The molecule has 0 atom stereocenters. The highest BCUT2D eigenvalue weighted by Crippen LogP contribution is 2.51. The van der Waals surface area contributed by atoms with Gasteiger partial charge in [-0.05, 0) is 124 Å². The van der Waals surface area contributed by atoms with Crippen molar-refractivity contribution in [2.45, 2.75) is 19.3 Å². The molecule has 272 valence electrons. The lowest BCUT2D eigenvalue weighted by Crippen LogP contribution is -2.14. The zero-order valence-electron chi connectivity index (χ0n) is 31.3. The Morgan fingerprint density at radius 3 is 1.95 bits per heavy atom. The van der Waals surface area contributed by atoms with Crippen molar-refractivity contribution < 1.29 is 0 Å². The normalized spacial score (nSPS) is 13.0. The van der Waals surface area contributed by atoms with Crippen molar-refractivity contribution in [3.05, 3.63) is 192 Å². The van der Waals surface area contributed by atoms with Crippen molar-refractivity contribution in [2.24, 2.45) is 0 Å². The first-order chi connectivity index (χ1) is 27.9. The van der Waals surface area contributed by atoms with Gasteiger partial charge in [0.25, 0.3) is 0 Å². The fourth-order valence-electron chi connectivity index (χ4n) is 8.67. The minimum Gasteiger partial charge on any atom is -0.309 e. The van der Waals surface area contributed by atoms with E-state index in [1.165, 1.54) is 64.7 Å². The lowest BCUT2D eigenvalue weighted by Gasteiger charge is -2.26. The Bertz CT molecular complexity index is 3130. The number of anilines is 3. The van der Waals surface area contributed by atoms with Gasteiger partial charge in [0.1, 0.15) is 11.0 Å². The zero-order valence-corrected chi connectivity index (χ0v) is 33.7. The summed E-state index contributed by atoms with van der Waals surface area (Å²) in [5.41, 5.74) is 16.2. The number of fused-ring (bicyclic) bond motifs is 7. The molecule has 0 radical (unpaired) electrons. The van der Waals surface area contributed by atoms with Gasteiger partial charge >= 0.3 is 0 Å². The lowest BCUT2D eigenvalue weighted by molar-refractivity contribution is 0.660. The molecule has 1 aliphatic rings. The number of nitrogens with zero attached hydrogens (tertiary/aromatic N) is 4. The van der Waals surface area contributed by atoms with Crippen LogP contribution in [-0.4, -0.2) is 15.0 Å². The van der Waals surface area contributed by atoms with E-state index in [0.29, 0.717) is 0 Å². The molecular weight excluding hydrogens is 781 g/mol. The van der Waals surface area contributed by atoms with Gasteiger partial charge in [-0.2, -0.15) is 4.80 Å². The number of para-hydroxylation sites is 1. The maximum absolute atomic E-state index is 4.73. The molecule has 0 spiro atoms. The van der Waals surface area contributed by atoms with Crippen LogP contribution < -0.4 is 4.90 Å². The molecule has 8 aromatic carbocycles. The summed E-state index contributed by atoms with van der Waals surface area (Å²) in [6.45, 7) is 4.71. The van der Waals surface area contributed by atoms with Gasteiger partial charge in [0.15, 0.2) is 0 Å². The van der Waals surface area contributed by atoms with Crippen molar-refractivity contribution in [3.8, 4) is 39.1 Å². The van der Waals surface area contributed by atoms with Crippen molar-refractivity contribution in [1.29, 1.82) is 0 Å². The third-order valence-electron chi connectivity index (χ3n) is 11.5. The smallest absolute Gasteiger partial charge is 0.113 e. The van der Waals surface area contributed by atoms with E-state index in [9.17, 15) is 0 Å². The Hall–Kier alpha value is -6.34.